The van der Waals surface area contributed by atoms with E-state index in [9.17, 15) is 13.2 Å². The van der Waals surface area contributed by atoms with Crippen molar-refractivity contribution >= 4 is 38.6 Å². The Morgan fingerprint density at radius 1 is 0.976 bits per heavy atom. The SMILES string of the molecule is NC(=O)N(CCCCN1CCN(c2cccc3c2OCC3)CC1)c1cc2cccnc2n1S(=O)(=O)c1ccccc1. The number of rotatable bonds is 9. The Morgan fingerprint density at radius 2 is 1.78 bits per heavy atom. The number of nitrogens with zero attached hydrogens (tertiary/aromatic N) is 5. The van der Waals surface area contributed by atoms with Crippen LogP contribution in [-0.4, -0.2) is 74.2 Å². The molecule has 0 aliphatic carbocycles. The minimum Gasteiger partial charge on any atom is -0.491 e. The third-order valence-electron chi connectivity index (χ3n) is 7.84. The number of carbonyl (C=O) groups excluding carboxylic acids is 1. The molecule has 4 aromatic rings. The van der Waals surface area contributed by atoms with Gasteiger partial charge < -0.3 is 15.4 Å². The Hall–Kier alpha value is -4.09. The molecule has 0 radical (unpaired) electrons. The summed E-state index contributed by atoms with van der Waals surface area (Å²) in [6.45, 7) is 5.68. The number of carbonyl (C=O) groups is 1. The third kappa shape index (κ3) is 5.34. The number of urea groups is 1. The summed E-state index contributed by atoms with van der Waals surface area (Å²) in [5, 5.41) is 0.612. The Labute approximate surface area is 240 Å². The first-order chi connectivity index (χ1) is 19.9. The molecule has 41 heavy (non-hydrogen) atoms. The van der Waals surface area contributed by atoms with Gasteiger partial charge in [-0.25, -0.2) is 22.2 Å². The Morgan fingerprint density at radius 3 is 2.56 bits per heavy atom. The molecular weight excluding hydrogens is 540 g/mol. The highest BCUT2D eigenvalue weighted by atomic mass is 32.2. The first-order valence-corrected chi connectivity index (χ1v) is 15.4. The van der Waals surface area contributed by atoms with Gasteiger partial charge in [-0.2, -0.15) is 0 Å². The van der Waals surface area contributed by atoms with Crippen molar-refractivity contribution in [1.29, 1.82) is 0 Å². The Kier molecular flexibility index (Phi) is 7.55. The zero-order valence-corrected chi connectivity index (χ0v) is 23.7. The predicted molar refractivity (Wildman–Crippen MR) is 159 cm³/mol. The molecule has 0 bridgehead atoms. The number of primary amides is 1. The van der Waals surface area contributed by atoms with E-state index in [-0.39, 0.29) is 16.4 Å². The van der Waals surface area contributed by atoms with Crippen molar-refractivity contribution in [2.45, 2.75) is 24.2 Å². The Bertz CT molecular complexity index is 1650. The lowest BCUT2D eigenvalue weighted by molar-refractivity contribution is 0.248. The van der Waals surface area contributed by atoms with Gasteiger partial charge in [-0.05, 0) is 61.3 Å². The molecule has 1 saturated heterocycles. The fourth-order valence-corrected chi connectivity index (χ4v) is 7.21. The first kappa shape index (κ1) is 27.1. The van der Waals surface area contributed by atoms with Gasteiger partial charge in [0, 0.05) is 50.7 Å². The van der Waals surface area contributed by atoms with Crippen molar-refractivity contribution in [3.05, 3.63) is 78.5 Å². The van der Waals surface area contributed by atoms with Crippen LogP contribution < -0.4 is 20.3 Å². The number of anilines is 2. The fraction of sp³-hybridized carbons (Fsp3) is 0.333. The third-order valence-corrected chi connectivity index (χ3v) is 9.55. The van der Waals surface area contributed by atoms with Crippen molar-refractivity contribution < 1.29 is 17.9 Å². The largest absolute Gasteiger partial charge is 0.491 e. The standard InChI is InChI=1S/C30H34N6O4S/c31-30(37)35(27-22-24-9-7-14-32-29(24)36(27)41(38,39)25-10-2-1-3-11-25)16-5-4-15-33-17-19-34(20-18-33)26-12-6-8-23-13-21-40-28(23)26/h1-3,6-12,14,22H,4-5,13,15-21H2,(H2,31,37). The number of pyridine rings is 1. The van der Waals surface area contributed by atoms with Crippen LogP contribution in [0.5, 0.6) is 5.75 Å². The van der Waals surface area contributed by atoms with E-state index in [1.165, 1.54) is 34.5 Å². The molecule has 2 aromatic carbocycles. The lowest BCUT2D eigenvalue weighted by Crippen LogP contribution is -2.46. The molecule has 0 unspecified atom stereocenters. The van der Waals surface area contributed by atoms with Gasteiger partial charge in [0.05, 0.1) is 17.2 Å². The molecule has 1 fully saturated rings. The van der Waals surface area contributed by atoms with E-state index in [1.54, 1.807) is 36.4 Å². The number of para-hydroxylation sites is 1. The number of aromatic nitrogens is 2. The molecule has 2 aliphatic rings. The molecule has 0 saturated carbocycles. The van der Waals surface area contributed by atoms with Crippen molar-refractivity contribution in [2.75, 3.05) is 55.7 Å². The number of ether oxygens (including phenoxy) is 1. The van der Waals surface area contributed by atoms with Gasteiger partial charge in [0.1, 0.15) is 11.6 Å². The van der Waals surface area contributed by atoms with Crippen LogP contribution in [0.15, 0.2) is 77.8 Å². The quantitative estimate of drug-likeness (QED) is 0.303. The maximum Gasteiger partial charge on any atom is 0.320 e. The second kappa shape index (κ2) is 11.4. The van der Waals surface area contributed by atoms with E-state index >= 15 is 0 Å². The average Bonchev–Trinajstić information content (AvgIpc) is 3.63. The highest BCUT2D eigenvalue weighted by Crippen LogP contribution is 2.36. The van der Waals surface area contributed by atoms with Gasteiger partial charge in [-0.3, -0.25) is 9.80 Å². The number of piperazine rings is 1. The molecule has 2 aromatic heterocycles. The number of hydrogen-bond acceptors (Lipinski definition) is 7. The van der Waals surface area contributed by atoms with Gasteiger partial charge in [0.15, 0.2) is 5.65 Å². The molecule has 2 amide bonds. The summed E-state index contributed by atoms with van der Waals surface area (Å²) in [7, 11) is -4.03. The topological polar surface area (TPSA) is 114 Å². The normalized spacial score (nSPS) is 15.6. The summed E-state index contributed by atoms with van der Waals surface area (Å²) in [4.78, 5) is 23.2. The zero-order valence-electron chi connectivity index (χ0n) is 22.9. The maximum absolute atomic E-state index is 13.7. The first-order valence-electron chi connectivity index (χ1n) is 14.0. The number of fused-ring (bicyclic) bond motifs is 2. The number of unbranched alkanes of at least 4 members (excludes halogenated alkanes) is 1. The van der Waals surface area contributed by atoms with Crippen molar-refractivity contribution in [2.24, 2.45) is 5.73 Å². The molecule has 10 nitrogen and oxygen atoms in total. The van der Waals surface area contributed by atoms with Crippen LogP contribution in [0.25, 0.3) is 11.0 Å². The second-order valence-electron chi connectivity index (χ2n) is 10.4. The maximum atomic E-state index is 13.7. The second-order valence-corrected chi connectivity index (χ2v) is 12.2. The van der Waals surface area contributed by atoms with Gasteiger partial charge in [0.2, 0.25) is 0 Å². The predicted octanol–water partition coefficient (Wildman–Crippen LogP) is 3.70. The molecular formula is C30H34N6O4S. The monoisotopic (exact) mass is 574 g/mol. The minimum atomic E-state index is -4.03. The van der Waals surface area contributed by atoms with Gasteiger partial charge in [-0.1, -0.05) is 30.3 Å². The molecule has 0 atom stereocenters. The molecule has 2 aliphatic heterocycles. The van der Waals surface area contributed by atoms with Gasteiger partial charge >= 0.3 is 6.03 Å². The van der Waals surface area contributed by atoms with Crippen LogP contribution in [0.2, 0.25) is 0 Å². The molecule has 4 heterocycles. The molecule has 11 heteroatoms. The van der Waals surface area contributed by atoms with Crippen LogP contribution in [-0.2, 0) is 16.4 Å². The summed E-state index contributed by atoms with van der Waals surface area (Å²) >= 11 is 0. The Balaban J connectivity index is 1.12. The summed E-state index contributed by atoms with van der Waals surface area (Å²) in [6, 6.07) is 19.0. The number of benzene rings is 2. The number of hydrogen-bond donors (Lipinski definition) is 1. The van der Waals surface area contributed by atoms with E-state index in [4.69, 9.17) is 10.5 Å². The molecule has 6 rings (SSSR count). The summed E-state index contributed by atoms with van der Waals surface area (Å²) in [5.74, 6) is 1.23. The van der Waals surface area contributed by atoms with E-state index in [0.29, 0.717) is 18.4 Å². The van der Waals surface area contributed by atoms with Crippen molar-refractivity contribution in [1.82, 2.24) is 13.9 Å². The van der Waals surface area contributed by atoms with Gasteiger partial charge in [0.25, 0.3) is 10.0 Å². The fourth-order valence-electron chi connectivity index (χ4n) is 5.72. The lowest BCUT2D eigenvalue weighted by atomic mass is 10.1. The smallest absolute Gasteiger partial charge is 0.320 e. The van der Waals surface area contributed by atoms with E-state index in [2.05, 4.69) is 33.0 Å². The van der Waals surface area contributed by atoms with Crippen LogP contribution in [0.1, 0.15) is 18.4 Å². The van der Waals surface area contributed by atoms with E-state index in [0.717, 1.165) is 61.9 Å². The van der Waals surface area contributed by atoms with Crippen LogP contribution in [0, 0.1) is 0 Å². The number of amides is 2. The van der Waals surface area contributed by atoms with Gasteiger partial charge in [-0.15, -0.1) is 0 Å². The van der Waals surface area contributed by atoms with Crippen LogP contribution in [0.4, 0.5) is 16.3 Å². The minimum absolute atomic E-state index is 0.111. The molecule has 0 spiro atoms. The highest BCUT2D eigenvalue weighted by Gasteiger charge is 2.29. The lowest BCUT2D eigenvalue weighted by Gasteiger charge is -2.36. The zero-order chi connectivity index (χ0) is 28.4. The van der Waals surface area contributed by atoms with Crippen molar-refractivity contribution in [3.63, 3.8) is 0 Å². The van der Waals surface area contributed by atoms with E-state index < -0.39 is 16.1 Å². The van der Waals surface area contributed by atoms with Crippen LogP contribution in [0.3, 0.4) is 0 Å². The number of nitrogens with two attached hydrogens (primary N) is 1. The summed E-state index contributed by atoms with van der Waals surface area (Å²) in [5.41, 5.74) is 8.54. The molecule has 214 valence electrons. The van der Waals surface area contributed by atoms with Crippen molar-refractivity contribution in [3.8, 4) is 5.75 Å². The summed E-state index contributed by atoms with van der Waals surface area (Å²) in [6.07, 6.45) is 4.03. The van der Waals surface area contributed by atoms with E-state index in [1.807, 2.05) is 0 Å². The average molecular weight is 575 g/mol. The van der Waals surface area contributed by atoms with Crippen LogP contribution >= 0.6 is 0 Å². The summed E-state index contributed by atoms with van der Waals surface area (Å²) < 4.78 is 34.5. The highest BCUT2D eigenvalue weighted by molar-refractivity contribution is 7.90. The molecule has 2 N–H and O–H groups in total.